The van der Waals surface area contributed by atoms with Crippen molar-refractivity contribution in [1.29, 1.82) is 0 Å². The summed E-state index contributed by atoms with van der Waals surface area (Å²) in [6, 6.07) is 21.9. The van der Waals surface area contributed by atoms with Crippen LogP contribution in [0.2, 0.25) is 10.0 Å². The average Bonchev–Trinajstić information content (AvgIpc) is 3.33. The highest BCUT2D eigenvalue weighted by Gasteiger charge is 2.18. The van der Waals surface area contributed by atoms with Crippen LogP contribution >= 0.6 is 23.2 Å². The van der Waals surface area contributed by atoms with Crippen molar-refractivity contribution in [3.8, 4) is 28.2 Å². The Bertz CT molecular complexity index is 1310. The van der Waals surface area contributed by atoms with Gasteiger partial charge in [-0.05, 0) is 67.4 Å². The van der Waals surface area contributed by atoms with Gasteiger partial charge in [0.15, 0.2) is 0 Å². The molecule has 35 heavy (non-hydrogen) atoms. The summed E-state index contributed by atoms with van der Waals surface area (Å²) in [7, 11) is 1.91. The molecule has 0 aliphatic heterocycles. The molecule has 0 unspecified atom stereocenters. The number of halogens is 2. The van der Waals surface area contributed by atoms with Gasteiger partial charge in [-0.1, -0.05) is 67.4 Å². The maximum Gasteiger partial charge on any atom is 0.146 e. The van der Waals surface area contributed by atoms with Crippen LogP contribution in [0.15, 0.2) is 79.0 Å². The van der Waals surface area contributed by atoms with Gasteiger partial charge in [0.1, 0.15) is 17.3 Å². The van der Waals surface area contributed by atoms with Crippen molar-refractivity contribution in [1.82, 2.24) is 9.55 Å². The third kappa shape index (κ3) is 5.90. The molecule has 182 valence electrons. The Hall–Kier alpha value is -3.21. The van der Waals surface area contributed by atoms with Crippen LogP contribution in [0.3, 0.4) is 0 Å². The largest absolute Gasteiger partial charge is 0.492 e. The number of rotatable bonds is 7. The lowest BCUT2D eigenvalue weighted by atomic mass is 10.0. The quantitative estimate of drug-likeness (QED) is 0.253. The van der Waals surface area contributed by atoms with Crippen molar-refractivity contribution in [2.45, 2.75) is 27.7 Å². The zero-order valence-corrected chi connectivity index (χ0v) is 22.3. The van der Waals surface area contributed by atoms with Gasteiger partial charge in [0.25, 0.3) is 0 Å². The summed E-state index contributed by atoms with van der Waals surface area (Å²) in [5, 5.41) is 4.40. The van der Waals surface area contributed by atoms with Gasteiger partial charge in [-0.25, -0.2) is 4.98 Å². The smallest absolute Gasteiger partial charge is 0.146 e. The van der Waals surface area contributed by atoms with Crippen LogP contribution < -0.4 is 5.32 Å². The SMILES string of the molecule is C/C=C(/OCC)c1cn(-c2ccc(-c3cccc(NC)c3)cc2Cl)c(-c2ccccc2Cl)n1.CC. The normalized spacial score (nSPS) is 11.0. The predicted molar refractivity (Wildman–Crippen MR) is 151 cm³/mol. The maximum atomic E-state index is 6.83. The lowest BCUT2D eigenvalue weighted by Gasteiger charge is -2.13. The molecule has 1 aromatic heterocycles. The molecule has 1 N–H and O–H groups in total. The molecule has 0 spiro atoms. The van der Waals surface area contributed by atoms with Crippen LogP contribution in [0.25, 0.3) is 34.0 Å². The third-order valence-electron chi connectivity index (χ3n) is 5.33. The molecule has 0 saturated heterocycles. The third-order valence-corrected chi connectivity index (χ3v) is 5.96. The van der Waals surface area contributed by atoms with Crippen molar-refractivity contribution in [3.05, 3.63) is 94.7 Å². The van der Waals surface area contributed by atoms with E-state index in [2.05, 4.69) is 23.5 Å². The molecule has 0 aliphatic carbocycles. The van der Waals surface area contributed by atoms with E-state index in [-0.39, 0.29) is 0 Å². The van der Waals surface area contributed by atoms with Crippen LogP contribution in [0.4, 0.5) is 5.69 Å². The minimum atomic E-state index is 0.551. The van der Waals surface area contributed by atoms with Gasteiger partial charge < -0.3 is 10.1 Å². The first-order chi connectivity index (χ1) is 17.0. The summed E-state index contributed by atoms with van der Waals surface area (Å²) in [4.78, 5) is 4.87. The Morgan fingerprint density at radius 3 is 2.37 bits per heavy atom. The summed E-state index contributed by atoms with van der Waals surface area (Å²) in [5.41, 5.74) is 5.51. The topological polar surface area (TPSA) is 39.1 Å². The van der Waals surface area contributed by atoms with Crippen LogP contribution in [-0.4, -0.2) is 23.2 Å². The molecule has 1 heterocycles. The van der Waals surface area contributed by atoms with Crippen LogP contribution in [-0.2, 0) is 4.74 Å². The first-order valence-electron chi connectivity index (χ1n) is 11.8. The van der Waals surface area contributed by atoms with E-state index in [1.807, 2.05) is 100 Å². The molecule has 6 heteroatoms. The Morgan fingerprint density at radius 2 is 1.71 bits per heavy atom. The van der Waals surface area contributed by atoms with E-state index in [9.17, 15) is 0 Å². The molecule has 0 saturated carbocycles. The molecule has 4 nitrogen and oxygen atoms in total. The highest BCUT2D eigenvalue weighted by atomic mass is 35.5. The lowest BCUT2D eigenvalue weighted by Crippen LogP contribution is -1.98. The molecule has 0 radical (unpaired) electrons. The van der Waals surface area contributed by atoms with Crippen molar-refractivity contribution in [2.24, 2.45) is 0 Å². The van der Waals surface area contributed by atoms with Gasteiger partial charge in [-0.15, -0.1) is 0 Å². The molecule has 0 aliphatic rings. The fraction of sp³-hybridized carbons (Fsp3) is 0.207. The van der Waals surface area contributed by atoms with Crippen molar-refractivity contribution >= 4 is 34.6 Å². The molecular weight excluding hydrogens is 477 g/mol. The molecule has 0 bridgehead atoms. The number of benzene rings is 3. The van der Waals surface area contributed by atoms with Gasteiger partial charge in [0, 0.05) is 24.5 Å². The number of ether oxygens (including phenoxy) is 1. The molecule has 0 fully saturated rings. The zero-order valence-electron chi connectivity index (χ0n) is 20.8. The number of nitrogens with one attached hydrogen (secondary N) is 1. The number of aromatic nitrogens is 2. The Balaban J connectivity index is 0.00000167. The van der Waals surface area contributed by atoms with Crippen molar-refractivity contribution < 1.29 is 4.74 Å². The molecule has 0 atom stereocenters. The second-order valence-corrected chi connectivity index (χ2v) is 8.20. The summed E-state index contributed by atoms with van der Waals surface area (Å²) >= 11 is 13.4. The van der Waals surface area contributed by atoms with Gasteiger partial charge in [-0.2, -0.15) is 0 Å². The Kier molecular flexibility index (Phi) is 9.41. The van der Waals surface area contributed by atoms with E-state index < -0.39 is 0 Å². The van der Waals surface area contributed by atoms with Gasteiger partial charge in [-0.3, -0.25) is 4.57 Å². The molecule has 4 aromatic rings. The number of nitrogens with zero attached hydrogens (tertiary/aromatic N) is 2. The van der Waals surface area contributed by atoms with E-state index in [4.69, 9.17) is 32.9 Å². The van der Waals surface area contributed by atoms with E-state index >= 15 is 0 Å². The summed E-state index contributed by atoms with van der Waals surface area (Å²) in [6.45, 7) is 8.43. The second kappa shape index (κ2) is 12.5. The Labute approximate surface area is 218 Å². The first-order valence-corrected chi connectivity index (χ1v) is 12.5. The van der Waals surface area contributed by atoms with Crippen LogP contribution in [0, 0.1) is 0 Å². The lowest BCUT2D eigenvalue weighted by molar-refractivity contribution is 0.296. The van der Waals surface area contributed by atoms with Crippen molar-refractivity contribution in [3.63, 3.8) is 0 Å². The molecule has 4 rings (SSSR count). The van der Waals surface area contributed by atoms with Crippen LogP contribution in [0.5, 0.6) is 0 Å². The predicted octanol–water partition coefficient (Wildman–Crippen LogP) is 8.98. The minimum absolute atomic E-state index is 0.551. The van der Waals surface area contributed by atoms with Gasteiger partial charge >= 0.3 is 0 Å². The monoisotopic (exact) mass is 507 g/mol. The number of allylic oxidation sites excluding steroid dienone is 1. The number of anilines is 1. The van der Waals surface area contributed by atoms with E-state index in [1.165, 1.54) is 0 Å². The summed E-state index contributed by atoms with van der Waals surface area (Å²) < 4.78 is 7.76. The Morgan fingerprint density at radius 1 is 0.971 bits per heavy atom. The van der Waals surface area contributed by atoms with E-state index in [0.717, 1.165) is 33.8 Å². The highest BCUT2D eigenvalue weighted by molar-refractivity contribution is 6.33. The fourth-order valence-corrected chi connectivity index (χ4v) is 4.20. The second-order valence-electron chi connectivity index (χ2n) is 7.38. The minimum Gasteiger partial charge on any atom is -0.492 e. The van der Waals surface area contributed by atoms with Gasteiger partial charge in [0.05, 0.1) is 22.3 Å². The molecule has 0 amide bonds. The summed E-state index contributed by atoms with van der Waals surface area (Å²) in [6.07, 6.45) is 3.85. The maximum absolute atomic E-state index is 6.83. The van der Waals surface area contributed by atoms with Gasteiger partial charge in [0.2, 0.25) is 0 Å². The fourth-order valence-electron chi connectivity index (χ4n) is 3.71. The molecule has 3 aromatic carbocycles. The standard InChI is InChI=1S/C27H25Cl2N3O.C2H6/c1-4-26(33-5-2)24-17-32(27(31-24)21-11-6-7-12-22(21)28)25-14-13-19(16-23(25)29)18-9-8-10-20(15-18)30-3;1-2/h4,6-17,30H,5H2,1-3H3;1-2H3/b26-4+;. The van der Waals surface area contributed by atoms with E-state index in [1.54, 1.807) is 0 Å². The average molecular weight is 508 g/mol. The number of hydrogen-bond acceptors (Lipinski definition) is 3. The first kappa shape index (κ1) is 26.4. The van der Waals surface area contributed by atoms with Crippen LogP contribution in [0.1, 0.15) is 33.4 Å². The summed E-state index contributed by atoms with van der Waals surface area (Å²) in [5.74, 6) is 1.41. The van der Waals surface area contributed by atoms with E-state index in [0.29, 0.717) is 28.2 Å². The molecular formula is C29H31Cl2N3O. The highest BCUT2D eigenvalue weighted by Crippen LogP contribution is 2.35. The zero-order chi connectivity index (χ0) is 25.4. The number of hydrogen-bond donors (Lipinski definition) is 1. The van der Waals surface area contributed by atoms with Crippen molar-refractivity contribution in [2.75, 3.05) is 19.0 Å². The number of imidazole rings is 1.